The Morgan fingerprint density at radius 1 is 1.33 bits per heavy atom. The van der Waals surface area contributed by atoms with E-state index in [4.69, 9.17) is 5.11 Å². The Morgan fingerprint density at radius 2 is 2.05 bits per heavy atom. The van der Waals surface area contributed by atoms with Gasteiger partial charge in [0.2, 0.25) is 0 Å². The summed E-state index contributed by atoms with van der Waals surface area (Å²) in [6, 6.07) is 5.03. The first-order chi connectivity index (χ1) is 9.90. The molecule has 1 atom stereocenters. The van der Waals surface area contributed by atoms with E-state index in [0.29, 0.717) is 30.4 Å². The fraction of sp³-hybridized carbons (Fsp3) is 0.467. The molecule has 1 unspecified atom stereocenters. The first kappa shape index (κ1) is 15.3. The van der Waals surface area contributed by atoms with Crippen molar-refractivity contribution >= 4 is 17.7 Å². The number of aromatic carboxylic acids is 1. The number of nitrogens with zero attached hydrogens (tertiary/aromatic N) is 2. The zero-order valence-corrected chi connectivity index (χ0v) is 12.6. The molecule has 1 saturated heterocycles. The third-order valence-electron chi connectivity index (χ3n) is 4.05. The minimum atomic E-state index is -0.989. The minimum Gasteiger partial charge on any atom is -0.478 e. The van der Waals surface area contributed by atoms with Crippen molar-refractivity contribution in [3.63, 3.8) is 0 Å². The van der Waals surface area contributed by atoms with E-state index in [2.05, 4.69) is 17.1 Å². The summed E-state index contributed by atoms with van der Waals surface area (Å²) >= 11 is 0. The highest BCUT2D eigenvalue weighted by Gasteiger charge is 2.24. The normalized spacial score (nSPS) is 19.4. The Hall–Kier alpha value is -2.08. The average Bonchev–Trinajstić information content (AvgIpc) is 2.43. The van der Waals surface area contributed by atoms with Gasteiger partial charge in [-0.2, -0.15) is 0 Å². The van der Waals surface area contributed by atoms with E-state index in [1.165, 1.54) is 6.07 Å². The molecule has 0 saturated carbocycles. The summed E-state index contributed by atoms with van der Waals surface area (Å²) in [6.07, 6.45) is 0. The number of rotatable bonds is 2. The summed E-state index contributed by atoms with van der Waals surface area (Å²) in [7, 11) is 2.04. The van der Waals surface area contributed by atoms with Gasteiger partial charge in [-0.25, -0.2) is 9.59 Å². The van der Waals surface area contributed by atoms with Gasteiger partial charge in [-0.05, 0) is 38.6 Å². The number of piperazine rings is 1. The number of hydrogen-bond acceptors (Lipinski definition) is 3. The van der Waals surface area contributed by atoms with Gasteiger partial charge in [0.25, 0.3) is 0 Å². The quantitative estimate of drug-likeness (QED) is 0.872. The number of amides is 2. The Bertz CT molecular complexity index is 559. The molecule has 2 N–H and O–H groups in total. The molecule has 1 aromatic carbocycles. The van der Waals surface area contributed by atoms with Crippen LogP contribution in [0.3, 0.4) is 0 Å². The number of hydrogen-bond donors (Lipinski definition) is 2. The Kier molecular flexibility index (Phi) is 4.47. The van der Waals surface area contributed by atoms with E-state index in [1.807, 2.05) is 7.05 Å². The van der Waals surface area contributed by atoms with Crippen LogP contribution in [0.4, 0.5) is 10.5 Å². The lowest BCUT2D eigenvalue weighted by Gasteiger charge is -2.37. The zero-order chi connectivity index (χ0) is 15.6. The second-order valence-corrected chi connectivity index (χ2v) is 5.49. The molecule has 0 spiro atoms. The number of nitrogens with one attached hydrogen (secondary N) is 1. The van der Waals surface area contributed by atoms with Gasteiger partial charge in [0, 0.05) is 31.4 Å². The van der Waals surface area contributed by atoms with Crippen molar-refractivity contribution in [1.29, 1.82) is 0 Å². The summed E-state index contributed by atoms with van der Waals surface area (Å²) in [5.41, 5.74) is 1.33. The first-order valence-electron chi connectivity index (χ1n) is 6.99. The van der Waals surface area contributed by atoms with Gasteiger partial charge < -0.3 is 20.2 Å². The van der Waals surface area contributed by atoms with Crippen LogP contribution >= 0.6 is 0 Å². The zero-order valence-electron chi connectivity index (χ0n) is 12.6. The average molecular weight is 291 g/mol. The maximum Gasteiger partial charge on any atom is 0.336 e. The SMILES string of the molecule is Cc1c(NC(=O)N2CCN(C)C(C)C2)cccc1C(=O)O. The van der Waals surface area contributed by atoms with E-state index in [0.717, 1.165) is 6.54 Å². The van der Waals surface area contributed by atoms with Crippen molar-refractivity contribution in [2.24, 2.45) is 0 Å². The van der Waals surface area contributed by atoms with E-state index < -0.39 is 5.97 Å². The molecular weight excluding hydrogens is 270 g/mol. The highest BCUT2D eigenvalue weighted by Crippen LogP contribution is 2.20. The second-order valence-electron chi connectivity index (χ2n) is 5.49. The standard InChI is InChI=1S/C15H21N3O3/c1-10-9-18(8-7-17(10)3)15(21)16-13-6-4-5-12(11(13)2)14(19)20/h4-6,10H,7-9H2,1-3H3,(H,16,21)(H,19,20). The van der Waals surface area contributed by atoms with E-state index >= 15 is 0 Å². The van der Waals surface area contributed by atoms with Gasteiger partial charge in [-0.15, -0.1) is 0 Å². The Morgan fingerprint density at radius 3 is 2.67 bits per heavy atom. The molecule has 6 nitrogen and oxygen atoms in total. The molecule has 0 bridgehead atoms. The van der Waals surface area contributed by atoms with Gasteiger partial charge in [0.15, 0.2) is 0 Å². The Balaban J connectivity index is 2.10. The van der Waals surface area contributed by atoms with Gasteiger partial charge in [0.1, 0.15) is 0 Å². The van der Waals surface area contributed by atoms with Crippen LogP contribution in [0.2, 0.25) is 0 Å². The number of likely N-dealkylation sites (N-methyl/N-ethyl adjacent to an activating group) is 1. The molecule has 0 aromatic heterocycles. The van der Waals surface area contributed by atoms with E-state index in [-0.39, 0.29) is 11.6 Å². The molecule has 1 aliphatic rings. The fourth-order valence-electron chi connectivity index (χ4n) is 2.43. The molecule has 0 aliphatic carbocycles. The number of carboxylic acids is 1. The number of urea groups is 1. The van der Waals surface area contributed by atoms with Crippen LogP contribution in [0, 0.1) is 6.92 Å². The molecule has 1 aliphatic heterocycles. The Labute approximate surface area is 124 Å². The minimum absolute atomic E-state index is 0.180. The number of carboxylic acid groups (broad SMARTS) is 1. The van der Waals surface area contributed by atoms with Gasteiger partial charge >= 0.3 is 12.0 Å². The molecule has 6 heteroatoms. The van der Waals surface area contributed by atoms with E-state index in [9.17, 15) is 9.59 Å². The topological polar surface area (TPSA) is 72.9 Å². The van der Waals surface area contributed by atoms with Gasteiger partial charge in [-0.1, -0.05) is 6.07 Å². The van der Waals surface area contributed by atoms with Gasteiger partial charge in [-0.3, -0.25) is 0 Å². The summed E-state index contributed by atoms with van der Waals surface area (Å²) in [6.45, 7) is 5.95. The molecule has 0 radical (unpaired) electrons. The van der Waals surface area contributed by atoms with Crippen molar-refractivity contribution in [1.82, 2.24) is 9.80 Å². The molecule has 114 valence electrons. The molecular formula is C15H21N3O3. The maximum absolute atomic E-state index is 12.3. The molecule has 2 rings (SSSR count). The lowest BCUT2D eigenvalue weighted by molar-refractivity contribution is 0.0696. The highest BCUT2D eigenvalue weighted by molar-refractivity contribution is 5.95. The van der Waals surface area contributed by atoms with Crippen molar-refractivity contribution in [3.05, 3.63) is 29.3 Å². The number of benzene rings is 1. The highest BCUT2D eigenvalue weighted by atomic mass is 16.4. The van der Waals surface area contributed by atoms with Crippen LogP contribution in [-0.4, -0.2) is 59.6 Å². The summed E-state index contributed by atoms with van der Waals surface area (Å²) < 4.78 is 0. The third kappa shape index (κ3) is 3.33. The predicted octanol–water partition coefficient (Wildman–Crippen LogP) is 1.86. The first-order valence-corrected chi connectivity index (χ1v) is 6.99. The number of carbonyl (C=O) groups is 2. The largest absolute Gasteiger partial charge is 0.478 e. The van der Waals surface area contributed by atoms with Crippen LogP contribution < -0.4 is 5.32 Å². The number of carbonyl (C=O) groups excluding carboxylic acids is 1. The van der Waals surface area contributed by atoms with Gasteiger partial charge in [0.05, 0.1) is 5.56 Å². The summed E-state index contributed by atoms with van der Waals surface area (Å²) in [4.78, 5) is 27.4. The molecule has 21 heavy (non-hydrogen) atoms. The fourth-order valence-corrected chi connectivity index (χ4v) is 2.43. The molecule has 1 fully saturated rings. The van der Waals surface area contributed by atoms with Crippen molar-refractivity contribution in [3.8, 4) is 0 Å². The third-order valence-corrected chi connectivity index (χ3v) is 4.05. The summed E-state index contributed by atoms with van der Waals surface area (Å²) in [5.74, 6) is -0.989. The molecule has 1 heterocycles. The second kappa shape index (κ2) is 6.13. The smallest absolute Gasteiger partial charge is 0.336 e. The van der Waals surface area contributed by atoms with Crippen LogP contribution in [-0.2, 0) is 0 Å². The van der Waals surface area contributed by atoms with Crippen molar-refractivity contribution in [2.45, 2.75) is 19.9 Å². The monoisotopic (exact) mass is 291 g/mol. The van der Waals surface area contributed by atoms with Crippen LogP contribution in [0.25, 0.3) is 0 Å². The van der Waals surface area contributed by atoms with Crippen LogP contribution in [0.15, 0.2) is 18.2 Å². The maximum atomic E-state index is 12.3. The van der Waals surface area contributed by atoms with Crippen LogP contribution in [0.5, 0.6) is 0 Å². The predicted molar refractivity (Wildman–Crippen MR) is 80.8 cm³/mol. The number of anilines is 1. The summed E-state index contributed by atoms with van der Waals surface area (Å²) in [5, 5.41) is 11.9. The molecule has 2 amide bonds. The van der Waals surface area contributed by atoms with Crippen molar-refractivity contribution < 1.29 is 14.7 Å². The van der Waals surface area contributed by atoms with Crippen LogP contribution in [0.1, 0.15) is 22.8 Å². The lowest BCUT2D eigenvalue weighted by Crippen LogP contribution is -2.53. The molecule has 1 aromatic rings. The lowest BCUT2D eigenvalue weighted by atomic mass is 10.1. The van der Waals surface area contributed by atoms with Crippen molar-refractivity contribution in [2.75, 3.05) is 32.0 Å². The van der Waals surface area contributed by atoms with E-state index in [1.54, 1.807) is 24.0 Å².